The second-order valence-electron chi connectivity index (χ2n) is 8.05. The van der Waals surface area contributed by atoms with Gasteiger partial charge in [0, 0.05) is 30.5 Å². The van der Waals surface area contributed by atoms with Gasteiger partial charge in [-0.15, -0.1) is 0 Å². The van der Waals surface area contributed by atoms with Crippen LogP contribution in [-0.2, 0) is 11.3 Å². The van der Waals surface area contributed by atoms with Gasteiger partial charge in [-0.25, -0.2) is 0 Å². The average Bonchev–Trinajstić information content (AvgIpc) is 2.77. The maximum absolute atomic E-state index is 13.0. The zero-order valence-electron chi connectivity index (χ0n) is 17.5. The van der Waals surface area contributed by atoms with Gasteiger partial charge >= 0.3 is 5.97 Å². The van der Waals surface area contributed by atoms with E-state index in [0.717, 1.165) is 11.1 Å². The van der Waals surface area contributed by atoms with Crippen molar-refractivity contribution >= 4 is 11.9 Å². The first-order chi connectivity index (χ1) is 15.5. The van der Waals surface area contributed by atoms with Crippen LogP contribution in [-0.4, -0.2) is 28.0 Å². The first kappa shape index (κ1) is 21.5. The fourth-order valence-electron chi connectivity index (χ4n) is 3.89. The van der Waals surface area contributed by atoms with E-state index in [1.54, 1.807) is 0 Å². The molecule has 0 radical (unpaired) electrons. The number of aliphatic carboxylic acids is 1. The fourth-order valence-corrected chi connectivity index (χ4v) is 3.89. The Hall–Kier alpha value is -3.71. The van der Waals surface area contributed by atoms with E-state index in [-0.39, 0.29) is 29.0 Å². The van der Waals surface area contributed by atoms with Crippen molar-refractivity contribution in [1.82, 2.24) is 15.6 Å². The van der Waals surface area contributed by atoms with Crippen molar-refractivity contribution in [2.24, 2.45) is 5.92 Å². The minimum Gasteiger partial charge on any atom is -0.481 e. The highest BCUT2D eigenvalue weighted by molar-refractivity contribution is 5.94. The molecule has 0 spiro atoms. The molecule has 1 saturated carbocycles. The SMILES string of the molecule is O=C(NC(c1ccccc1)c1ccccc1)c1c[nH]c(CNC2CC(C(=O)O)C2)cc1=O. The number of carbonyl (C=O) groups is 2. The molecule has 7 heteroatoms. The van der Waals surface area contributed by atoms with Gasteiger partial charge in [0.15, 0.2) is 5.43 Å². The number of carboxylic acid groups (broad SMARTS) is 1. The number of carboxylic acids is 1. The normalized spacial score (nSPS) is 17.5. The van der Waals surface area contributed by atoms with Crippen LogP contribution in [0, 0.1) is 5.92 Å². The van der Waals surface area contributed by atoms with E-state index in [1.807, 2.05) is 60.7 Å². The van der Waals surface area contributed by atoms with E-state index in [0.29, 0.717) is 25.1 Å². The Kier molecular flexibility index (Phi) is 6.47. The molecule has 0 atom stereocenters. The van der Waals surface area contributed by atoms with Crippen LogP contribution in [0.1, 0.15) is 46.1 Å². The Morgan fingerprint density at radius 3 is 2.12 bits per heavy atom. The number of amides is 1. The lowest BCUT2D eigenvalue weighted by molar-refractivity contribution is -0.145. The van der Waals surface area contributed by atoms with Crippen LogP contribution >= 0.6 is 0 Å². The Labute approximate surface area is 185 Å². The number of benzene rings is 2. The van der Waals surface area contributed by atoms with Gasteiger partial charge in [0.05, 0.1) is 12.0 Å². The highest BCUT2D eigenvalue weighted by Crippen LogP contribution is 2.27. The summed E-state index contributed by atoms with van der Waals surface area (Å²) in [5.74, 6) is -1.51. The molecule has 1 aliphatic carbocycles. The minimum absolute atomic E-state index is 0.0418. The number of hydrogen-bond donors (Lipinski definition) is 4. The molecule has 0 unspecified atom stereocenters. The van der Waals surface area contributed by atoms with Crippen molar-refractivity contribution in [2.75, 3.05) is 0 Å². The number of hydrogen-bond acceptors (Lipinski definition) is 4. The smallest absolute Gasteiger partial charge is 0.306 e. The van der Waals surface area contributed by atoms with Gasteiger partial charge in [0.1, 0.15) is 5.56 Å². The molecule has 1 aromatic heterocycles. The van der Waals surface area contributed by atoms with E-state index in [9.17, 15) is 14.4 Å². The van der Waals surface area contributed by atoms with E-state index in [1.165, 1.54) is 12.3 Å². The van der Waals surface area contributed by atoms with Crippen LogP contribution in [0.3, 0.4) is 0 Å². The van der Waals surface area contributed by atoms with Crippen molar-refractivity contribution in [3.8, 4) is 0 Å². The molecule has 164 valence electrons. The molecule has 1 fully saturated rings. The van der Waals surface area contributed by atoms with Gasteiger partial charge in [-0.05, 0) is 24.0 Å². The van der Waals surface area contributed by atoms with Gasteiger partial charge in [-0.2, -0.15) is 0 Å². The molecule has 32 heavy (non-hydrogen) atoms. The first-order valence-electron chi connectivity index (χ1n) is 10.6. The Morgan fingerprint density at radius 2 is 1.59 bits per heavy atom. The van der Waals surface area contributed by atoms with E-state index in [2.05, 4.69) is 15.6 Å². The molecule has 4 N–H and O–H groups in total. The summed E-state index contributed by atoms with van der Waals surface area (Å²) in [4.78, 5) is 39.5. The van der Waals surface area contributed by atoms with Crippen molar-refractivity contribution in [1.29, 1.82) is 0 Å². The molecule has 1 heterocycles. The van der Waals surface area contributed by atoms with Crippen LogP contribution in [0.4, 0.5) is 0 Å². The predicted octanol–water partition coefficient (Wildman–Crippen LogP) is 2.85. The predicted molar refractivity (Wildman–Crippen MR) is 120 cm³/mol. The molecule has 0 saturated heterocycles. The lowest BCUT2D eigenvalue weighted by atomic mass is 9.80. The largest absolute Gasteiger partial charge is 0.481 e. The topological polar surface area (TPSA) is 111 Å². The number of aromatic nitrogens is 1. The lowest BCUT2D eigenvalue weighted by Crippen LogP contribution is -2.44. The highest BCUT2D eigenvalue weighted by Gasteiger charge is 2.33. The number of rotatable bonds is 8. The second kappa shape index (κ2) is 9.62. The summed E-state index contributed by atoms with van der Waals surface area (Å²) in [6.45, 7) is 0.408. The van der Waals surface area contributed by atoms with Crippen LogP contribution in [0.25, 0.3) is 0 Å². The molecule has 7 nitrogen and oxygen atoms in total. The quantitative estimate of drug-likeness (QED) is 0.438. The number of nitrogens with one attached hydrogen (secondary N) is 3. The van der Waals surface area contributed by atoms with Crippen LogP contribution < -0.4 is 16.1 Å². The third-order valence-electron chi connectivity index (χ3n) is 5.83. The molecule has 1 aliphatic rings. The summed E-state index contributed by atoms with van der Waals surface area (Å²) in [5.41, 5.74) is 2.16. The maximum Gasteiger partial charge on any atom is 0.306 e. The molecule has 0 aliphatic heterocycles. The van der Waals surface area contributed by atoms with Gasteiger partial charge in [0.2, 0.25) is 0 Å². The van der Waals surface area contributed by atoms with Crippen molar-refractivity contribution < 1.29 is 14.7 Å². The molecule has 4 rings (SSSR count). The summed E-state index contributed by atoms with van der Waals surface area (Å²) < 4.78 is 0. The van der Waals surface area contributed by atoms with Gasteiger partial charge < -0.3 is 20.7 Å². The Bertz CT molecular complexity index is 1100. The third-order valence-corrected chi connectivity index (χ3v) is 5.83. The van der Waals surface area contributed by atoms with Crippen molar-refractivity contribution in [2.45, 2.75) is 31.5 Å². The minimum atomic E-state index is -0.767. The summed E-state index contributed by atoms with van der Waals surface area (Å²) >= 11 is 0. The monoisotopic (exact) mass is 431 g/mol. The molecule has 1 amide bonds. The number of pyridine rings is 1. The molecule has 2 aromatic carbocycles. The van der Waals surface area contributed by atoms with Crippen LogP contribution in [0.15, 0.2) is 77.7 Å². The average molecular weight is 431 g/mol. The van der Waals surface area contributed by atoms with Gasteiger partial charge in [-0.1, -0.05) is 60.7 Å². The molecular formula is C25H25N3O4. The van der Waals surface area contributed by atoms with Crippen molar-refractivity contribution in [3.05, 3.63) is 106 Å². The summed E-state index contributed by atoms with van der Waals surface area (Å²) in [6, 6.07) is 20.4. The first-order valence-corrected chi connectivity index (χ1v) is 10.6. The zero-order valence-corrected chi connectivity index (χ0v) is 17.5. The summed E-state index contributed by atoms with van der Waals surface area (Å²) in [6.07, 6.45) is 2.60. The Balaban J connectivity index is 1.44. The lowest BCUT2D eigenvalue weighted by Gasteiger charge is -2.33. The van der Waals surface area contributed by atoms with Crippen LogP contribution in [0.2, 0.25) is 0 Å². The van der Waals surface area contributed by atoms with Gasteiger partial charge in [0.25, 0.3) is 5.91 Å². The number of aromatic amines is 1. The summed E-state index contributed by atoms with van der Waals surface area (Å²) in [7, 11) is 0. The van der Waals surface area contributed by atoms with E-state index in [4.69, 9.17) is 5.11 Å². The van der Waals surface area contributed by atoms with Gasteiger partial charge in [-0.3, -0.25) is 14.4 Å². The van der Waals surface area contributed by atoms with Crippen LogP contribution in [0.5, 0.6) is 0 Å². The molecule has 3 aromatic rings. The summed E-state index contributed by atoms with van der Waals surface area (Å²) in [5, 5.41) is 15.2. The highest BCUT2D eigenvalue weighted by atomic mass is 16.4. The zero-order chi connectivity index (χ0) is 22.5. The molecular weight excluding hydrogens is 406 g/mol. The maximum atomic E-state index is 13.0. The van der Waals surface area contributed by atoms with E-state index < -0.39 is 11.9 Å². The number of H-pyrrole nitrogens is 1. The second-order valence-corrected chi connectivity index (χ2v) is 8.05. The Morgan fingerprint density at radius 1 is 1.00 bits per heavy atom. The fraction of sp³-hybridized carbons (Fsp3) is 0.240. The number of carbonyl (C=O) groups excluding carboxylic acids is 1. The third kappa shape index (κ3) is 4.95. The van der Waals surface area contributed by atoms with E-state index >= 15 is 0 Å². The van der Waals surface area contributed by atoms with Crippen molar-refractivity contribution in [3.63, 3.8) is 0 Å². The standard InChI is InChI=1S/C25H25N3O4/c29-22-13-20(14-26-19-11-18(12-19)25(31)32)27-15-21(22)24(30)28-23(16-7-3-1-4-8-16)17-9-5-2-6-10-17/h1-10,13,15,18-19,23,26H,11-12,14H2,(H,27,29)(H,28,30)(H,31,32). The molecule has 0 bridgehead atoms.